The number of rotatable bonds is 3. The number of pyridine rings is 1. The highest BCUT2D eigenvalue weighted by molar-refractivity contribution is 6.05. The highest BCUT2D eigenvalue weighted by Crippen LogP contribution is 2.25. The third kappa shape index (κ3) is 3.47. The van der Waals surface area contributed by atoms with E-state index in [-0.39, 0.29) is 5.97 Å². The van der Waals surface area contributed by atoms with E-state index >= 15 is 0 Å². The van der Waals surface area contributed by atoms with Crippen LogP contribution in [-0.2, 0) is 4.74 Å². The number of hydrogen-bond acceptors (Lipinski definition) is 3. The third-order valence-corrected chi connectivity index (χ3v) is 2.61. The molecule has 2 aromatic heterocycles. The molecule has 0 fully saturated rings. The second-order valence-corrected chi connectivity index (χ2v) is 3.66. The molecule has 0 saturated carbocycles. The molecule has 2 aromatic rings. The maximum absolute atomic E-state index is 11.6. The predicted octanol–water partition coefficient (Wildman–Crippen LogP) is 2.76. The van der Waals surface area contributed by atoms with E-state index in [1.807, 2.05) is 25.3 Å². The Morgan fingerprint density at radius 3 is 2.58 bits per heavy atom. The summed E-state index contributed by atoms with van der Waals surface area (Å²) in [5.74, 6) is -0.315. The molecule has 5 heteroatoms. The van der Waals surface area contributed by atoms with Gasteiger partial charge in [0, 0.05) is 24.2 Å². The summed E-state index contributed by atoms with van der Waals surface area (Å²) in [5, 5.41) is 0. The number of carbonyl (C=O) groups is 1. The number of hydrogen-bond donors (Lipinski definition) is 1. The maximum Gasteiger partial charge on any atom is 0.355 e. The van der Waals surface area contributed by atoms with Crippen molar-refractivity contribution in [2.75, 3.05) is 6.61 Å². The molecular weight excluding hydrogens is 239 g/mol. The Labute approximate surface area is 114 Å². The third-order valence-electron chi connectivity index (χ3n) is 2.61. The number of nitrogens with zero attached hydrogens (tertiary/aromatic N) is 1. The van der Waals surface area contributed by atoms with Crippen LogP contribution in [-0.4, -0.2) is 30.4 Å². The molecule has 0 atom stereocenters. The number of H-pyrrole nitrogens is 1. The molecule has 2 rings (SSSR count). The lowest BCUT2D eigenvalue weighted by molar-refractivity contribution is 0.0519. The summed E-state index contributed by atoms with van der Waals surface area (Å²) < 4.78 is 4.98. The minimum absolute atomic E-state index is 0.315. The van der Waals surface area contributed by atoms with Gasteiger partial charge in [-0.2, -0.15) is 0 Å². The zero-order chi connectivity index (χ0) is 14.3. The second kappa shape index (κ2) is 7.41. The van der Waals surface area contributed by atoms with Crippen molar-refractivity contribution in [3.05, 3.63) is 42.0 Å². The average Bonchev–Trinajstić information content (AvgIpc) is 2.84. The zero-order valence-electron chi connectivity index (χ0n) is 11.4. The summed E-state index contributed by atoms with van der Waals surface area (Å²) in [4.78, 5) is 18.6. The van der Waals surface area contributed by atoms with Gasteiger partial charge in [-0.25, -0.2) is 4.79 Å². The Morgan fingerprint density at radius 1 is 1.37 bits per heavy atom. The fraction of sp³-hybridized carbons (Fsp3) is 0.286. The van der Waals surface area contributed by atoms with Crippen LogP contribution in [0, 0.1) is 6.92 Å². The second-order valence-electron chi connectivity index (χ2n) is 3.66. The van der Waals surface area contributed by atoms with E-state index in [2.05, 4.69) is 17.8 Å². The number of aromatic nitrogens is 2. The Balaban J connectivity index is 0.000000861. The number of esters is 1. The molecule has 2 radical (unpaired) electrons. The summed E-state index contributed by atoms with van der Waals surface area (Å²) >= 11 is 0. The van der Waals surface area contributed by atoms with Gasteiger partial charge in [-0.15, -0.1) is 0 Å². The lowest BCUT2D eigenvalue weighted by Crippen LogP contribution is -2.06. The van der Waals surface area contributed by atoms with Crippen LogP contribution in [0.4, 0.5) is 0 Å². The first-order valence-corrected chi connectivity index (χ1v) is 6.07. The van der Waals surface area contributed by atoms with Crippen molar-refractivity contribution < 1.29 is 9.53 Å². The van der Waals surface area contributed by atoms with Crippen LogP contribution in [0.15, 0.2) is 30.7 Å². The lowest BCUT2D eigenvalue weighted by Gasteiger charge is -2.02. The van der Waals surface area contributed by atoms with Gasteiger partial charge in [0.15, 0.2) is 0 Å². The molecule has 0 aromatic carbocycles. The number of carbonyl (C=O) groups excluding carboxylic acids is 1. The van der Waals surface area contributed by atoms with Gasteiger partial charge in [0.25, 0.3) is 0 Å². The van der Waals surface area contributed by atoms with E-state index in [0.717, 1.165) is 16.7 Å². The van der Waals surface area contributed by atoms with Crippen LogP contribution < -0.4 is 0 Å². The summed E-state index contributed by atoms with van der Waals surface area (Å²) in [5.41, 5.74) is 3.44. The predicted molar refractivity (Wildman–Crippen MR) is 76.3 cm³/mol. The molecule has 0 spiro atoms. The lowest BCUT2D eigenvalue weighted by atomic mass is 10.1. The highest BCUT2D eigenvalue weighted by Gasteiger charge is 2.15. The van der Waals surface area contributed by atoms with Gasteiger partial charge in [-0.05, 0) is 37.1 Å². The van der Waals surface area contributed by atoms with Crippen LogP contribution in [0.2, 0.25) is 6.82 Å². The van der Waals surface area contributed by atoms with Crippen LogP contribution in [0.5, 0.6) is 0 Å². The fourth-order valence-electron chi connectivity index (χ4n) is 1.74. The SMILES string of the molecule is CCOC(=O)c1[nH]cc(-c2ccncc2)c1C.[B]C. The fourth-order valence-corrected chi connectivity index (χ4v) is 1.74. The molecule has 0 aliphatic heterocycles. The Bertz CT molecular complexity index is 523. The summed E-state index contributed by atoms with van der Waals surface area (Å²) in [6.07, 6.45) is 5.27. The van der Waals surface area contributed by atoms with Crippen LogP contribution in [0.1, 0.15) is 23.0 Å². The summed E-state index contributed by atoms with van der Waals surface area (Å²) in [6, 6.07) is 3.82. The molecular formula is C14H17BN2O2. The molecule has 2 heterocycles. The molecule has 0 aliphatic carbocycles. The first kappa shape index (κ1) is 15.0. The first-order chi connectivity index (χ1) is 9.24. The van der Waals surface area contributed by atoms with Crippen molar-refractivity contribution in [3.8, 4) is 11.1 Å². The van der Waals surface area contributed by atoms with Crippen molar-refractivity contribution >= 4 is 13.8 Å². The molecule has 0 unspecified atom stereocenters. The van der Waals surface area contributed by atoms with Gasteiger partial charge in [-0.1, -0.05) is 6.82 Å². The van der Waals surface area contributed by atoms with Crippen molar-refractivity contribution in [3.63, 3.8) is 0 Å². The van der Waals surface area contributed by atoms with E-state index in [1.54, 1.807) is 19.3 Å². The first-order valence-electron chi connectivity index (χ1n) is 6.07. The normalized spacial score (nSPS) is 9.42. The van der Waals surface area contributed by atoms with Gasteiger partial charge in [-0.3, -0.25) is 4.98 Å². The van der Waals surface area contributed by atoms with Gasteiger partial charge >= 0.3 is 5.97 Å². The van der Waals surface area contributed by atoms with Gasteiger partial charge in [0.05, 0.1) is 14.5 Å². The maximum atomic E-state index is 11.6. The minimum atomic E-state index is -0.315. The Hall–Kier alpha value is -2.04. The van der Waals surface area contributed by atoms with Crippen molar-refractivity contribution in [1.29, 1.82) is 0 Å². The van der Waals surface area contributed by atoms with Crippen molar-refractivity contribution in [1.82, 2.24) is 9.97 Å². The van der Waals surface area contributed by atoms with Crippen LogP contribution in [0.25, 0.3) is 11.1 Å². The summed E-state index contributed by atoms with van der Waals surface area (Å²) in [7, 11) is 4.50. The van der Waals surface area contributed by atoms with E-state index in [0.29, 0.717) is 12.3 Å². The zero-order valence-corrected chi connectivity index (χ0v) is 11.4. The number of nitrogens with one attached hydrogen (secondary N) is 1. The van der Waals surface area contributed by atoms with Gasteiger partial charge in [0.2, 0.25) is 0 Å². The molecule has 0 aliphatic rings. The van der Waals surface area contributed by atoms with E-state index < -0.39 is 0 Å². The summed E-state index contributed by atoms with van der Waals surface area (Å²) in [6.45, 7) is 5.57. The smallest absolute Gasteiger partial charge is 0.355 e. The number of ether oxygens (including phenoxy) is 1. The molecule has 0 bridgehead atoms. The van der Waals surface area contributed by atoms with Gasteiger partial charge < -0.3 is 9.72 Å². The van der Waals surface area contributed by atoms with Gasteiger partial charge in [0.1, 0.15) is 5.69 Å². The van der Waals surface area contributed by atoms with Crippen molar-refractivity contribution in [2.45, 2.75) is 20.7 Å². The Morgan fingerprint density at radius 2 is 2.00 bits per heavy atom. The van der Waals surface area contributed by atoms with E-state index in [4.69, 9.17) is 4.74 Å². The van der Waals surface area contributed by atoms with Crippen LogP contribution >= 0.6 is 0 Å². The quantitative estimate of drug-likeness (QED) is 0.678. The van der Waals surface area contributed by atoms with E-state index in [1.165, 1.54) is 6.82 Å². The molecule has 1 N–H and O–H groups in total. The molecule has 98 valence electrons. The standard InChI is InChI=1S/C13H14N2O2.CH3B/c1-3-17-13(16)12-9(2)11(8-15-12)10-4-6-14-7-5-10;1-2/h4-8,15H,3H2,1-2H3;1H3. The Kier molecular flexibility index (Phi) is 5.86. The minimum Gasteiger partial charge on any atom is -0.461 e. The molecule has 0 amide bonds. The topological polar surface area (TPSA) is 55.0 Å². The van der Waals surface area contributed by atoms with E-state index in [9.17, 15) is 4.79 Å². The van der Waals surface area contributed by atoms with Crippen LogP contribution in [0.3, 0.4) is 0 Å². The van der Waals surface area contributed by atoms with Crippen molar-refractivity contribution in [2.24, 2.45) is 0 Å². The monoisotopic (exact) mass is 256 g/mol. The highest BCUT2D eigenvalue weighted by atomic mass is 16.5. The molecule has 0 saturated heterocycles. The number of aromatic amines is 1. The molecule has 19 heavy (non-hydrogen) atoms. The molecule has 4 nitrogen and oxygen atoms in total. The average molecular weight is 256 g/mol. The largest absolute Gasteiger partial charge is 0.461 e.